The van der Waals surface area contributed by atoms with Crippen molar-refractivity contribution in [3.8, 4) is 11.5 Å². The Bertz CT molecular complexity index is 1400. The molecule has 1 amide bonds. The molecule has 0 N–H and O–H groups in total. The topological polar surface area (TPSA) is 64.0 Å². The van der Waals surface area contributed by atoms with Crippen LogP contribution in [0.2, 0.25) is 5.02 Å². The number of pyridine rings is 1. The molecule has 2 fully saturated rings. The molecule has 8 heteroatoms. The molecule has 2 heterocycles. The first-order valence-electron chi connectivity index (χ1n) is 13.4. The molecule has 202 valence electrons. The fourth-order valence-corrected chi connectivity index (χ4v) is 6.08. The van der Waals surface area contributed by atoms with Crippen LogP contribution in [0.4, 0.5) is 5.82 Å². The maximum atomic E-state index is 13.7. The van der Waals surface area contributed by atoms with E-state index in [1.54, 1.807) is 0 Å². The average Bonchev–Trinajstić information content (AvgIpc) is 3.23. The Morgan fingerprint density at radius 1 is 1.05 bits per heavy atom. The van der Waals surface area contributed by atoms with Crippen molar-refractivity contribution in [2.75, 3.05) is 6.61 Å². The summed E-state index contributed by atoms with van der Waals surface area (Å²) in [4.78, 5) is 25.6. The van der Waals surface area contributed by atoms with Crippen LogP contribution in [0.15, 0.2) is 70.6 Å². The average molecular weight is 562 g/mol. The SMILES string of the molecule is CCOc1cc(/C=C2\S/C(=N/c3cccc(C)n3)N(C3CCCCC3)C2=O)ccc1OCc1ccccc1Cl. The molecule has 0 bridgehead atoms. The van der Waals surface area contributed by atoms with Gasteiger partial charge in [-0.1, -0.05) is 61.2 Å². The molecular formula is C31H32ClN3O3S. The Balaban J connectivity index is 1.42. The van der Waals surface area contributed by atoms with Gasteiger partial charge in [-0.05, 0) is 80.4 Å². The second kappa shape index (κ2) is 12.7. The quantitative estimate of drug-likeness (QED) is 0.261. The smallest absolute Gasteiger partial charge is 0.267 e. The number of carbonyl (C=O) groups excluding carboxylic acids is 1. The van der Waals surface area contributed by atoms with Gasteiger partial charge in [0.25, 0.3) is 5.91 Å². The number of halogens is 1. The van der Waals surface area contributed by atoms with Crippen LogP contribution < -0.4 is 9.47 Å². The second-order valence-corrected chi connectivity index (χ2v) is 11.0. The van der Waals surface area contributed by atoms with Crippen molar-refractivity contribution in [1.82, 2.24) is 9.88 Å². The van der Waals surface area contributed by atoms with E-state index in [2.05, 4.69) is 4.98 Å². The molecule has 1 aliphatic heterocycles. The molecule has 1 aromatic heterocycles. The molecule has 0 radical (unpaired) electrons. The molecule has 0 spiro atoms. The normalized spacial score (nSPS) is 18.2. The summed E-state index contributed by atoms with van der Waals surface area (Å²) >= 11 is 7.70. The molecule has 39 heavy (non-hydrogen) atoms. The van der Waals surface area contributed by atoms with Crippen molar-refractivity contribution in [1.29, 1.82) is 0 Å². The van der Waals surface area contributed by atoms with E-state index in [4.69, 9.17) is 26.1 Å². The lowest BCUT2D eigenvalue weighted by Gasteiger charge is -2.30. The van der Waals surface area contributed by atoms with Gasteiger partial charge in [0.1, 0.15) is 6.61 Å². The minimum absolute atomic E-state index is 0.00434. The number of aryl methyl sites for hydroxylation is 1. The van der Waals surface area contributed by atoms with E-state index < -0.39 is 0 Å². The third-order valence-electron chi connectivity index (χ3n) is 6.77. The number of amidine groups is 1. The maximum Gasteiger partial charge on any atom is 0.267 e. The van der Waals surface area contributed by atoms with Crippen LogP contribution >= 0.6 is 23.4 Å². The number of hydrogen-bond donors (Lipinski definition) is 0. The van der Waals surface area contributed by atoms with Gasteiger partial charge in [0, 0.05) is 22.3 Å². The number of ether oxygens (including phenoxy) is 2. The predicted octanol–water partition coefficient (Wildman–Crippen LogP) is 7.96. The van der Waals surface area contributed by atoms with E-state index >= 15 is 0 Å². The maximum absolute atomic E-state index is 13.7. The molecule has 3 aromatic rings. The highest BCUT2D eigenvalue weighted by Crippen LogP contribution is 2.39. The van der Waals surface area contributed by atoms with Gasteiger partial charge in [-0.2, -0.15) is 0 Å². The lowest BCUT2D eigenvalue weighted by molar-refractivity contribution is -0.124. The summed E-state index contributed by atoms with van der Waals surface area (Å²) in [6, 6.07) is 19.3. The zero-order valence-electron chi connectivity index (χ0n) is 22.2. The van der Waals surface area contributed by atoms with E-state index in [1.165, 1.54) is 18.2 Å². The summed E-state index contributed by atoms with van der Waals surface area (Å²) in [6.07, 6.45) is 7.36. The molecule has 1 saturated carbocycles. The van der Waals surface area contributed by atoms with Crippen LogP contribution in [0.3, 0.4) is 0 Å². The van der Waals surface area contributed by atoms with Gasteiger partial charge in [0.2, 0.25) is 0 Å². The van der Waals surface area contributed by atoms with E-state index in [0.717, 1.165) is 42.5 Å². The molecule has 6 nitrogen and oxygen atoms in total. The highest BCUT2D eigenvalue weighted by molar-refractivity contribution is 8.18. The zero-order chi connectivity index (χ0) is 27.2. The van der Waals surface area contributed by atoms with E-state index in [1.807, 2.05) is 85.5 Å². The number of rotatable bonds is 8. The number of benzene rings is 2. The molecule has 5 rings (SSSR count). The number of thioether (sulfide) groups is 1. The Morgan fingerprint density at radius 3 is 2.64 bits per heavy atom. The molecule has 0 atom stereocenters. The van der Waals surface area contributed by atoms with Crippen molar-refractivity contribution in [2.45, 2.75) is 58.6 Å². The lowest BCUT2D eigenvalue weighted by atomic mass is 9.94. The van der Waals surface area contributed by atoms with Crippen LogP contribution in [-0.2, 0) is 11.4 Å². The minimum Gasteiger partial charge on any atom is -0.490 e. The summed E-state index contributed by atoms with van der Waals surface area (Å²) in [7, 11) is 0. The largest absolute Gasteiger partial charge is 0.490 e. The van der Waals surface area contributed by atoms with Crippen molar-refractivity contribution in [2.24, 2.45) is 4.99 Å². The highest BCUT2D eigenvalue weighted by Gasteiger charge is 2.38. The van der Waals surface area contributed by atoms with Crippen molar-refractivity contribution in [3.63, 3.8) is 0 Å². The minimum atomic E-state index is -0.00434. The fourth-order valence-electron chi connectivity index (χ4n) is 4.84. The van der Waals surface area contributed by atoms with Gasteiger partial charge in [-0.3, -0.25) is 9.69 Å². The number of carbonyl (C=O) groups is 1. The molecule has 2 aliphatic rings. The third kappa shape index (κ3) is 6.65. The predicted molar refractivity (Wildman–Crippen MR) is 159 cm³/mol. The fraction of sp³-hybridized carbons (Fsp3) is 0.323. The third-order valence-corrected chi connectivity index (χ3v) is 8.12. The standard InChI is InChI=1S/C31H32ClN3O3S/c1-3-37-27-18-22(16-17-26(27)38-20-23-11-7-8-14-25(23)32)19-28-30(36)35(24-12-5-4-6-13-24)31(39-28)34-29-15-9-10-21(2)33-29/h7-11,14-19,24H,3-6,12-13,20H2,1-2H3/b28-19-,34-31+. The molecule has 2 aromatic carbocycles. The molecular weight excluding hydrogens is 530 g/mol. The van der Waals surface area contributed by atoms with Gasteiger partial charge in [-0.15, -0.1) is 0 Å². The Morgan fingerprint density at radius 2 is 1.87 bits per heavy atom. The van der Waals surface area contributed by atoms with Gasteiger partial charge < -0.3 is 9.47 Å². The van der Waals surface area contributed by atoms with Crippen LogP contribution in [0.1, 0.15) is 55.8 Å². The summed E-state index contributed by atoms with van der Waals surface area (Å²) in [5, 5.41) is 1.36. The number of nitrogens with zero attached hydrogens (tertiary/aromatic N) is 3. The second-order valence-electron chi connectivity index (χ2n) is 9.63. The Kier molecular flexibility index (Phi) is 8.89. The number of hydrogen-bond acceptors (Lipinski definition) is 6. The van der Waals surface area contributed by atoms with Crippen molar-refractivity contribution < 1.29 is 14.3 Å². The Labute approximate surface area is 239 Å². The van der Waals surface area contributed by atoms with Crippen molar-refractivity contribution in [3.05, 3.63) is 87.4 Å². The zero-order valence-corrected chi connectivity index (χ0v) is 23.8. The molecule has 1 saturated heterocycles. The number of aliphatic imine (C=N–C) groups is 1. The van der Waals surface area contributed by atoms with E-state index in [9.17, 15) is 4.79 Å². The summed E-state index contributed by atoms with van der Waals surface area (Å²) in [6.45, 7) is 4.70. The first kappa shape index (κ1) is 27.3. The van der Waals surface area contributed by atoms with Crippen molar-refractivity contribution >= 4 is 46.3 Å². The number of aromatic nitrogens is 1. The first-order valence-corrected chi connectivity index (χ1v) is 14.6. The molecule has 1 aliphatic carbocycles. The van der Waals surface area contributed by atoms with Gasteiger partial charge in [-0.25, -0.2) is 9.98 Å². The van der Waals surface area contributed by atoms with E-state index in [-0.39, 0.29) is 11.9 Å². The number of amides is 1. The Hall–Kier alpha value is -3.29. The van der Waals surface area contributed by atoms with Crippen LogP contribution in [0.5, 0.6) is 11.5 Å². The molecule has 0 unspecified atom stereocenters. The van der Waals surface area contributed by atoms with Crippen LogP contribution in [0, 0.1) is 6.92 Å². The lowest BCUT2D eigenvalue weighted by Crippen LogP contribution is -2.40. The highest BCUT2D eigenvalue weighted by atomic mass is 35.5. The van der Waals surface area contributed by atoms with Crippen LogP contribution in [0.25, 0.3) is 6.08 Å². The summed E-state index contributed by atoms with van der Waals surface area (Å²) < 4.78 is 11.9. The first-order chi connectivity index (χ1) is 19.0. The van der Waals surface area contributed by atoms with Gasteiger partial charge >= 0.3 is 0 Å². The summed E-state index contributed by atoms with van der Waals surface area (Å²) in [5.41, 5.74) is 2.66. The summed E-state index contributed by atoms with van der Waals surface area (Å²) in [5.74, 6) is 1.86. The monoisotopic (exact) mass is 561 g/mol. The van der Waals surface area contributed by atoms with Gasteiger partial charge in [0.15, 0.2) is 22.5 Å². The van der Waals surface area contributed by atoms with E-state index in [0.29, 0.717) is 45.6 Å². The van der Waals surface area contributed by atoms with Crippen LogP contribution in [-0.4, -0.2) is 33.6 Å². The van der Waals surface area contributed by atoms with Gasteiger partial charge in [0.05, 0.1) is 11.5 Å².